The van der Waals surface area contributed by atoms with Crippen molar-refractivity contribution in [2.75, 3.05) is 39.3 Å². The summed E-state index contributed by atoms with van der Waals surface area (Å²) in [7, 11) is 0. The highest BCUT2D eigenvalue weighted by atomic mass is 19.4. The number of likely N-dealkylation sites (tertiary alicyclic amines) is 1. The molecule has 8 nitrogen and oxygen atoms in total. The van der Waals surface area contributed by atoms with E-state index in [0.29, 0.717) is 32.7 Å². The van der Waals surface area contributed by atoms with Gasteiger partial charge in [-0.2, -0.15) is 13.2 Å². The molecule has 2 unspecified atom stereocenters. The van der Waals surface area contributed by atoms with Crippen LogP contribution in [0.2, 0.25) is 0 Å². The average Bonchev–Trinajstić information content (AvgIpc) is 2.90. The first kappa shape index (κ1) is 21.2. The summed E-state index contributed by atoms with van der Waals surface area (Å²) in [6, 6.07) is 0. The number of aliphatic carboxylic acids is 2. The number of alkyl halides is 3. The highest BCUT2D eigenvalue weighted by molar-refractivity contribution is 6.27. The van der Waals surface area contributed by atoms with Gasteiger partial charge in [-0.25, -0.2) is 9.59 Å². The summed E-state index contributed by atoms with van der Waals surface area (Å²) < 4.78 is 42.3. The number of carboxylic acids is 2. The van der Waals surface area contributed by atoms with Crippen LogP contribution < -0.4 is 5.32 Å². The number of carbonyl (C=O) groups excluding carboxylic acids is 1. The predicted octanol–water partition coefficient (Wildman–Crippen LogP) is 0.179. The van der Waals surface area contributed by atoms with E-state index in [4.69, 9.17) is 24.5 Å². The maximum Gasteiger partial charge on any atom is 0.414 e. The van der Waals surface area contributed by atoms with Crippen LogP contribution in [0.1, 0.15) is 13.3 Å². The lowest BCUT2D eigenvalue weighted by atomic mass is 9.72. The Kier molecular flexibility index (Phi) is 7.17. The van der Waals surface area contributed by atoms with Gasteiger partial charge in [0.25, 0.3) is 0 Å². The third-order valence-corrected chi connectivity index (χ3v) is 4.23. The number of halogens is 3. The molecule has 0 spiro atoms. The Morgan fingerprint density at radius 2 is 1.88 bits per heavy atom. The van der Waals surface area contributed by atoms with Crippen molar-refractivity contribution < 1.29 is 42.5 Å². The zero-order chi connectivity index (χ0) is 19.3. The second-order valence-corrected chi connectivity index (χ2v) is 5.92. The van der Waals surface area contributed by atoms with Crippen molar-refractivity contribution in [1.82, 2.24) is 10.2 Å². The third kappa shape index (κ3) is 5.85. The number of hydrogen-bond acceptors (Lipinski definition) is 6. The van der Waals surface area contributed by atoms with E-state index in [9.17, 15) is 18.0 Å². The van der Waals surface area contributed by atoms with Crippen LogP contribution in [0.3, 0.4) is 0 Å². The van der Waals surface area contributed by atoms with Gasteiger partial charge in [0.1, 0.15) is 0 Å². The Balaban J connectivity index is 0.000000450. The fourth-order valence-corrected chi connectivity index (χ4v) is 3.11. The van der Waals surface area contributed by atoms with Gasteiger partial charge in [-0.05, 0) is 19.9 Å². The van der Waals surface area contributed by atoms with Crippen molar-refractivity contribution in [2.45, 2.75) is 19.5 Å². The van der Waals surface area contributed by atoms with Gasteiger partial charge in [0.15, 0.2) is 0 Å². The molecule has 3 N–H and O–H groups in total. The van der Waals surface area contributed by atoms with Crippen LogP contribution in [0, 0.1) is 11.3 Å². The number of carboxylic acid groups (broad SMARTS) is 2. The van der Waals surface area contributed by atoms with Crippen molar-refractivity contribution in [1.29, 1.82) is 0 Å². The second-order valence-electron chi connectivity index (χ2n) is 5.92. The summed E-state index contributed by atoms with van der Waals surface area (Å²) in [5.74, 6) is -4.01. The Morgan fingerprint density at radius 3 is 2.36 bits per heavy atom. The first-order valence-electron chi connectivity index (χ1n) is 7.65. The normalized spacial score (nSPS) is 26.2. The lowest BCUT2D eigenvalue weighted by molar-refractivity contribution is -0.167. The molecule has 144 valence electrons. The summed E-state index contributed by atoms with van der Waals surface area (Å²) in [5, 5.41) is 17.9. The van der Waals surface area contributed by atoms with E-state index in [-0.39, 0.29) is 18.4 Å². The lowest BCUT2D eigenvalue weighted by Gasteiger charge is -2.41. The number of ether oxygens (including phenoxy) is 1. The lowest BCUT2D eigenvalue weighted by Crippen LogP contribution is -2.53. The molecule has 2 rings (SSSR count). The quantitative estimate of drug-likeness (QED) is 0.476. The minimum atomic E-state index is -4.18. The van der Waals surface area contributed by atoms with Crippen LogP contribution >= 0.6 is 0 Å². The fourth-order valence-electron chi connectivity index (χ4n) is 3.11. The van der Waals surface area contributed by atoms with Crippen LogP contribution in [-0.2, 0) is 19.1 Å². The molecule has 2 aliphatic rings. The molecule has 0 aromatic carbocycles. The van der Waals surface area contributed by atoms with Crippen LogP contribution in [0.4, 0.5) is 13.2 Å². The molecular weight excluding hydrogens is 349 g/mol. The van der Waals surface area contributed by atoms with E-state index in [1.807, 2.05) is 0 Å². The number of piperidine rings is 1. The SMILES string of the molecule is CCOC(=O)C12CCN(CC(F)(F)F)CC1CNC2.O=C(O)C(=O)O. The van der Waals surface area contributed by atoms with Crippen LogP contribution in [0.5, 0.6) is 0 Å². The standard InChI is InChI=1S/C12H19F3N2O2.C2H2O4/c1-2-19-10(18)11-3-4-17(8-12(13,14)15)6-9(11)5-16-7-11;3-1(4)2(5)6/h9,16H,2-8H2,1H3;(H,3,4)(H,5,6). The molecule has 2 saturated heterocycles. The van der Waals surface area contributed by atoms with Crippen molar-refractivity contribution in [3.8, 4) is 0 Å². The van der Waals surface area contributed by atoms with E-state index in [1.54, 1.807) is 6.92 Å². The predicted molar refractivity (Wildman–Crippen MR) is 77.8 cm³/mol. The van der Waals surface area contributed by atoms with E-state index in [2.05, 4.69) is 5.32 Å². The number of nitrogens with zero attached hydrogens (tertiary/aromatic N) is 1. The van der Waals surface area contributed by atoms with Crippen molar-refractivity contribution >= 4 is 17.9 Å². The number of esters is 1. The van der Waals surface area contributed by atoms with Crippen LogP contribution in [-0.4, -0.2) is 78.5 Å². The first-order chi connectivity index (χ1) is 11.5. The molecule has 2 fully saturated rings. The largest absolute Gasteiger partial charge is 0.473 e. The number of rotatable bonds is 3. The maximum atomic E-state index is 12.4. The van der Waals surface area contributed by atoms with Crippen molar-refractivity contribution in [2.24, 2.45) is 11.3 Å². The van der Waals surface area contributed by atoms with Crippen molar-refractivity contribution in [3.05, 3.63) is 0 Å². The minimum Gasteiger partial charge on any atom is -0.473 e. The molecule has 2 aliphatic heterocycles. The van der Waals surface area contributed by atoms with E-state index in [0.717, 1.165) is 0 Å². The minimum absolute atomic E-state index is 0.0948. The van der Waals surface area contributed by atoms with Crippen LogP contribution in [0.25, 0.3) is 0 Å². The number of carbonyl (C=O) groups is 3. The summed E-state index contributed by atoms with van der Waals surface area (Å²) in [5.41, 5.74) is -0.627. The Morgan fingerprint density at radius 1 is 1.28 bits per heavy atom. The zero-order valence-electron chi connectivity index (χ0n) is 13.6. The van der Waals surface area contributed by atoms with Crippen molar-refractivity contribution in [3.63, 3.8) is 0 Å². The molecule has 2 atom stereocenters. The van der Waals surface area contributed by atoms with Gasteiger partial charge in [-0.15, -0.1) is 0 Å². The molecule has 0 radical (unpaired) electrons. The third-order valence-electron chi connectivity index (χ3n) is 4.23. The van der Waals surface area contributed by atoms with E-state index < -0.39 is 30.1 Å². The molecule has 2 heterocycles. The molecule has 11 heteroatoms. The van der Waals surface area contributed by atoms with Gasteiger partial charge in [0.05, 0.1) is 18.6 Å². The summed E-state index contributed by atoms with van der Waals surface area (Å²) >= 11 is 0. The number of hydrogen-bond donors (Lipinski definition) is 3. The first-order valence-corrected chi connectivity index (χ1v) is 7.65. The second kappa shape index (κ2) is 8.48. The van der Waals surface area contributed by atoms with Gasteiger partial charge in [-0.3, -0.25) is 9.69 Å². The smallest absolute Gasteiger partial charge is 0.414 e. The number of nitrogens with one attached hydrogen (secondary N) is 1. The van der Waals surface area contributed by atoms with Gasteiger partial charge in [0.2, 0.25) is 0 Å². The number of fused-ring (bicyclic) bond motifs is 1. The van der Waals surface area contributed by atoms with E-state index >= 15 is 0 Å². The molecule has 0 aromatic heterocycles. The molecule has 25 heavy (non-hydrogen) atoms. The van der Waals surface area contributed by atoms with Gasteiger partial charge >= 0.3 is 24.1 Å². The fraction of sp³-hybridized carbons (Fsp3) is 0.786. The monoisotopic (exact) mass is 370 g/mol. The van der Waals surface area contributed by atoms with E-state index in [1.165, 1.54) is 4.90 Å². The molecule has 0 saturated carbocycles. The average molecular weight is 370 g/mol. The molecule has 0 amide bonds. The highest BCUT2D eigenvalue weighted by Crippen LogP contribution is 2.41. The summed E-state index contributed by atoms with van der Waals surface area (Å²) in [6.07, 6.45) is -3.75. The molecule has 0 aliphatic carbocycles. The Labute approximate surface area is 141 Å². The maximum absolute atomic E-state index is 12.4. The van der Waals surface area contributed by atoms with Crippen LogP contribution in [0.15, 0.2) is 0 Å². The summed E-state index contributed by atoms with van der Waals surface area (Å²) in [6.45, 7) is 2.82. The molecule has 0 aromatic rings. The van der Waals surface area contributed by atoms with Gasteiger partial charge in [0, 0.05) is 25.6 Å². The highest BCUT2D eigenvalue weighted by Gasteiger charge is 2.53. The Bertz CT molecular complexity index is 501. The molecular formula is C14H21F3N2O6. The molecule has 0 bridgehead atoms. The zero-order valence-corrected chi connectivity index (χ0v) is 13.6. The van der Waals surface area contributed by atoms with Gasteiger partial charge in [-0.1, -0.05) is 0 Å². The van der Waals surface area contributed by atoms with Gasteiger partial charge < -0.3 is 20.3 Å². The Hall–Kier alpha value is -1.88. The topological polar surface area (TPSA) is 116 Å². The summed E-state index contributed by atoms with van der Waals surface area (Å²) in [4.78, 5) is 31.7.